The average Bonchev–Trinajstić information content (AvgIpc) is 3.12. The highest BCUT2D eigenvalue weighted by atomic mass is 16.5. The molecule has 138 valence electrons. The van der Waals surface area contributed by atoms with Crippen LogP contribution in [0.3, 0.4) is 0 Å². The van der Waals surface area contributed by atoms with Crippen molar-refractivity contribution in [1.82, 2.24) is 10.1 Å². The monoisotopic (exact) mass is 364 g/mol. The summed E-state index contributed by atoms with van der Waals surface area (Å²) in [6.45, 7) is 5.50. The molecule has 1 aromatic carbocycles. The van der Waals surface area contributed by atoms with Gasteiger partial charge in [0.15, 0.2) is 11.5 Å². The van der Waals surface area contributed by atoms with Gasteiger partial charge in [-0.25, -0.2) is 0 Å². The zero-order valence-electron chi connectivity index (χ0n) is 15.3. The number of benzene rings is 1. The molecule has 3 rings (SSSR count). The fraction of sp³-hybridized carbons (Fsp3) is 0.200. The van der Waals surface area contributed by atoms with Gasteiger partial charge in [-0.15, -0.1) is 0 Å². The lowest BCUT2D eigenvalue weighted by atomic mass is 9.95. The summed E-state index contributed by atoms with van der Waals surface area (Å²) in [6.07, 6.45) is 3.28. The predicted molar refractivity (Wildman–Crippen MR) is 102 cm³/mol. The van der Waals surface area contributed by atoms with Crippen LogP contribution >= 0.6 is 0 Å². The second-order valence-corrected chi connectivity index (χ2v) is 7.06. The minimum absolute atomic E-state index is 0.108. The van der Waals surface area contributed by atoms with Crippen LogP contribution < -0.4 is 10.6 Å². The van der Waals surface area contributed by atoms with Crippen molar-refractivity contribution >= 4 is 23.2 Å². The summed E-state index contributed by atoms with van der Waals surface area (Å²) in [7, 11) is 0. The third-order valence-electron chi connectivity index (χ3n) is 3.75. The van der Waals surface area contributed by atoms with Crippen molar-refractivity contribution in [2.45, 2.75) is 20.8 Å². The number of hydrogen-bond donors (Lipinski definition) is 2. The standard InChI is InChI=1S/C20H20N4O3/c1-20(2,3)19(26)23-15-8-4-7-14(10-15)22-18(25)16-11-17(27-24-16)13-6-5-9-21-12-13/h4-12H,1-3H3,(H,22,25)(H,23,26). The maximum absolute atomic E-state index is 12.4. The van der Waals surface area contributed by atoms with Crippen LogP contribution in [0.1, 0.15) is 31.3 Å². The van der Waals surface area contributed by atoms with E-state index in [1.807, 2.05) is 26.8 Å². The first-order chi connectivity index (χ1) is 12.8. The molecule has 2 aromatic heterocycles. The lowest BCUT2D eigenvalue weighted by Gasteiger charge is -2.18. The summed E-state index contributed by atoms with van der Waals surface area (Å²) >= 11 is 0. The molecule has 2 N–H and O–H groups in total. The third kappa shape index (κ3) is 4.58. The molecule has 0 aliphatic carbocycles. The van der Waals surface area contributed by atoms with Crippen molar-refractivity contribution < 1.29 is 14.1 Å². The van der Waals surface area contributed by atoms with E-state index in [1.165, 1.54) is 0 Å². The normalized spacial score (nSPS) is 11.1. The summed E-state index contributed by atoms with van der Waals surface area (Å²) in [5.41, 5.74) is 1.51. The van der Waals surface area contributed by atoms with Crippen molar-refractivity contribution in [2.24, 2.45) is 5.41 Å². The van der Waals surface area contributed by atoms with Gasteiger partial charge in [0, 0.05) is 40.8 Å². The molecule has 0 radical (unpaired) electrons. The van der Waals surface area contributed by atoms with Gasteiger partial charge in [0.2, 0.25) is 5.91 Å². The molecule has 0 bridgehead atoms. The van der Waals surface area contributed by atoms with Crippen molar-refractivity contribution in [3.8, 4) is 11.3 Å². The van der Waals surface area contributed by atoms with Gasteiger partial charge in [0.25, 0.3) is 5.91 Å². The second kappa shape index (κ2) is 7.41. The highest BCUT2D eigenvalue weighted by Gasteiger charge is 2.21. The van der Waals surface area contributed by atoms with Crippen molar-refractivity contribution in [2.75, 3.05) is 10.6 Å². The first kappa shape index (κ1) is 18.3. The molecule has 3 aromatic rings. The molecule has 0 aliphatic rings. The van der Waals surface area contributed by atoms with Gasteiger partial charge in [-0.05, 0) is 30.3 Å². The Morgan fingerprint density at radius 3 is 2.41 bits per heavy atom. The molecular weight excluding hydrogens is 344 g/mol. The minimum Gasteiger partial charge on any atom is -0.355 e. The number of carbonyl (C=O) groups excluding carboxylic acids is 2. The number of anilines is 2. The Labute approximate surface area is 156 Å². The number of amides is 2. The summed E-state index contributed by atoms with van der Waals surface area (Å²) in [4.78, 5) is 28.5. The van der Waals surface area contributed by atoms with Crippen LogP contribution in [-0.2, 0) is 4.79 Å². The van der Waals surface area contributed by atoms with E-state index < -0.39 is 11.3 Å². The number of rotatable bonds is 4. The molecule has 7 heteroatoms. The molecule has 0 unspecified atom stereocenters. The zero-order valence-corrected chi connectivity index (χ0v) is 15.3. The molecule has 0 aliphatic heterocycles. The van der Waals surface area contributed by atoms with Crippen molar-refractivity contribution in [3.05, 3.63) is 60.6 Å². The van der Waals surface area contributed by atoms with Crippen LogP contribution in [0.25, 0.3) is 11.3 Å². The molecule has 2 amide bonds. The van der Waals surface area contributed by atoms with Crippen LogP contribution in [0.15, 0.2) is 59.4 Å². The van der Waals surface area contributed by atoms with E-state index in [0.29, 0.717) is 17.1 Å². The number of pyridine rings is 1. The number of carbonyl (C=O) groups is 2. The van der Waals surface area contributed by atoms with E-state index in [1.54, 1.807) is 48.8 Å². The lowest BCUT2D eigenvalue weighted by Crippen LogP contribution is -2.27. The van der Waals surface area contributed by atoms with E-state index in [4.69, 9.17) is 4.52 Å². The fourth-order valence-electron chi connectivity index (χ4n) is 2.22. The zero-order chi connectivity index (χ0) is 19.4. The first-order valence-electron chi connectivity index (χ1n) is 8.43. The SMILES string of the molecule is CC(C)(C)C(=O)Nc1cccc(NC(=O)c2cc(-c3cccnc3)on2)c1. The Morgan fingerprint density at radius 2 is 1.74 bits per heavy atom. The number of nitrogens with zero attached hydrogens (tertiary/aromatic N) is 2. The van der Waals surface area contributed by atoms with Crippen molar-refractivity contribution in [1.29, 1.82) is 0 Å². The smallest absolute Gasteiger partial charge is 0.277 e. The van der Waals surface area contributed by atoms with E-state index >= 15 is 0 Å². The van der Waals surface area contributed by atoms with Crippen LogP contribution in [0.5, 0.6) is 0 Å². The maximum Gasteiger partial charge on any atom is 0.277 e. The van der Waals surface area contributed by atoms with Crippen LogP contribution in [0.4, 0.5) is 11.4 Å². The van der Waals surface area contributed by atoms with E-state index in [9.17, 15) is 9.59 Å². The Bertz CT molecular complexity index is 959. The topological polar surface area (TPSA) is 97.1 Å². The fourth-order valence-corrected chi connectivity index (χ4v) is 2.22. The van der Waals surface area contributed by atoms with Crippen LogP contribution in [-0.4, -0.2) is 22.0 Å². The summed E-state index contributed by atoms with van der Waals surface area (Å²) in [5.74, 6) is -0.0591. The lowest BCUT2D eigenvalue weighted by molar-refractivity contribution is -0.123. The van der Waals surface area contributed by atoms with Crippen LogP contribution in [0.2, 0.25) is 0 Å². The third-order valence-corrected chi connectivity index (χ3v) is 3.75. The molecular formula is C20H20N4O3. The quantitative estimate of drug-likeness (QED) is 0.730. The predicted octanol–water partition coefficient (Wildman–Crippen LogP) is 3.97. The number of aromatic nitrogens is 2. The molecule has 0 saturated carbocycles. The van der Waals surface area contributed by atoms with E-state index in [2.05, 4.69) is 20.8 Å². The maximum atomic E-state index is 12.4. The second-order valence-electron chi connectivity index (χ2n) is 7.06. The highest BCUT2D eigenvalue weighted by molar-refractivity contribution is 6.04. The molecule has 7 nitrogen and oxygen atoms in total. The Kier molecular flexibility index (Phi) is 5.03. The molecule has 2 heterocycles. The van der Waals surface area contributed by atoms with Gasteiger partial charge in [0.05, 0.1) is 0 Å². The van der Waals surface area contributed by atoms with Crippen molar-refractivity contribution in [3.63, 3.8) is 0 Å². The van der Waals surface area contributed by atoms with Crippen LogP contribution in [0, 0.1) is 5.41 Å². The van der Waals surface area contributed by atoms with E-state index in [-0.39, 0.29) is 11.6 Å². The summed E-state index contributed by atoms with van der Waals surface area (Å²) in [6, 6.07) is 12.1. The number of nitrogens with one attached hydrogen (secondary N) is 2. The summed E-state index contributed by atoms with van der Waals surface area (Å²) < 4.78 is 5.22. The van der Waals surface area contributed by atoms with Gasteiger partial charge in [-0.2, -0.15) is 0 Å². The first-order valence-corrected chi connectivity index (χ1v) is 8.43. The Balaban J connectivity index is 1.71. The van der Waals surface area contributed by atoms with Gasteiger partial charge in [0.1, 0.15) is 0 Å². The molecule has 27 heavy (non-hydrogen) atoms. The van der Waals surface area contributed by atoms with Gasteiger partial charge in [-0.3, -0.25) is 14.6 Å². The number of hydrogen-bond acceptors (Lipinski definition) is 5. The largest absolute Gasteiger partial charge is 0.355 e. The molecule has 0 fully saturated rings. The van der Waals surface area contributed by atoms with Gasteiger partial charge >= 0.3 is 0 Å². The Hall–Kier alpha value is -3.48. The van der Waals surface area contributed by atoms with Gasteiger partial charge in [-0.1, -0.05) is 32.0 Å². The highest BCUT2D eigenvalue weighted by Crippen LogP contribution is 2.22. The molecule has 0 spiro atoms. The molecule has 0 atom stereocenters. The average molecular weight is 364 g/mol. The summed E-state index contributed by atoms with van der Waals surface area (Å²) in [5, 5.41) is 9.38. The molecule has 0 saturated heterocycles. The minimum atomic E-state index is -0.511. The Morgan fingerprint density at radius 1 is 1.00 bits per heavy atom. The van der Waals surface area contributed by atoms with Gasteiger partial charge < -0.3 is 15.2 Å². The van der Waals surface area contributed by atoms with E-state index in [0.717, 1.165) is 5.56 Å².